The zero-order valence-corrected chi connectivity index (χ0v) is 9.72. The van der Waals surface area contributed by atoms with Crippen molar-refractivity contribution in [3.8, 4) is 0 Å². The number of hydrogen-bond acceptors (Lipinski definition) is 4. The Morgan fingerprint density at radius 1 is 1.33 bits per heavy atom. The second-order valence-electron chi connectivity index (χ2n) is 4.42. The quantitative estimate of drug-likeness (QED) is 0.597. The van der Waals surface area contributed by atoms with E-state index < -0.39 is 5.60 Å². The molecule has 2 heterocycles. The van der Waals surface area contributed by atoms with E-state index in [-0.39, 0.29) is 5.97 Å². The van der Waals surface area contributed by atoms with Gasteiger partial charge in [0.15, 0.2) is 0 Å². The largest absolute Gasteiger partial charge is 0.456 e. The maximum Gasteiger partial charge on any atom is 0.342 e. The summed E-state index contributed by atoms with van der Waals surface area (Å²) in [6, 6.07) is 3.38. The number of furan rings is 2. The average molecular weight is 224 g/mol. The lowest BCUT2D eigenvalue weighted by molar-refractivity contribution is 0.00716. The molecule has 0 aromatic carbocycles. The van der Waals surface area contributed by atoms with Crippen LogP contribution in [-0.2, 0) is 4.74 Å². The van der Waals surface area contributed by atoms with E-state index in [0.717, 1.165) is 4.90 Å². The van der Waals surface area contributed by atoms with Crippen molar-refractivity contribution in [2.24, 2.45) is 0 Å². The van der Waals surface area contributed by atoms with Crippen molar-refractivity contribution >= 4 is 29.8 Å². The minimum atomic E-state index is -0.488. The first-order valence-electron chi connectivity index (χ1n) is 4.65. The van der Waals surface area contributed by atoms with Gasteiger partial charge >= 0.3 is 5.97 Å². The van der Waals surface area contributed by atoms with Crippen LogP contribution in [-0.4, -0.2) is 11.6 Å². The number of esters is 1. The summed E-state index contributed by atoms with van der Waals surface area (Å²) >= 11 is 4.17. The van der Waals surface area contributed by atoms with Crippen LogP contribution in [0.5, 0.6) is 0 Å². The van der Waals surface area contributed by atoms with Crippen molar-refractivity contribution in [2.45, 2.75) is 31.3 Å². The zero-order valence-electron chi connectivity index (χ0n) is 8.83. The molecule has 0 amide bonds. The highest BCUT2D eigenvalue weighted by atomic mass is 32.1. The van der Waals surface area contributed by atoms with E-state index in [1.54, 1.807) is 12.1 Å². The lowest BCUT2D eigenvalue weighted by atomic mass is 10.2. The van der Waals surface area contributed by atoms with Gasteiger partial charge in [-0.15, -0.1) is 12.6 Å². The highest BCUT2D eigenvalue weighted by Gasteiger charge is 2.23. The van der Waals surface area contributed by atoms with E-state index in [9.17, 15) is 4.79 Å². The summed E-state index contributed by atoms with van der Waals surface area (Å²) in [7, 11) is 0. The topological polar surface area (TPSA) is 39.4 Å². The van der Waals surface area contributed by atoms with Gasteiger partial charge in [0.05, 0.1) is 4.90 Å². The number of fused-ring (bicyclic) bond motifs is 2. The Bertz CT molecular complexity index is 493. The predicted molar refractivity (Wildman–Crippen MR) is 59.8 cm³/mol. The molecule has 0 aliphatic rings. The Balaban J connectivity index is 2.28. The molecule has 0 aliphatic carbocycles. The van der Waals surface area contributed by atoms with E-state index >= 15 is 0 Å². The summed E-state index contributed by atoms with van der Waals surface area (Å²) in [4.78, 5) is 12.4. The fraction of sp³-hybridized carbons (Fsp3) is 0.364. The van der Waals surface area contributed by atoms with Crippen LogP contribution in [0.4, 0.5) is 0 Å². The summed E-state index contributed by atoms with van der Waals surface area (Å²) < 4.78 is 10.5. The third-order valence-electron chi connectivity index (χ3n) is 1.90. The first-order valence-corrected chi connectivity index (χ1v) is 5.10. The number of rotatable bonds is 1. The van der Waals surface area contributed by atoms with E-state index in [0.29, 0.717) is 16.7 Å². The van der Waals surface area contributed by atoms with Crippen LogP contribution in [0.25, 0.3) is 11.2 Å². The van der Waals surface area contributed by atoms with E-state index in [1.165, 1.54) is 0 Å². The lowest BCUT2D eigenvalue weighted by Gasteiger charge is -2.18. The molecule has 3 nitrogen and oxygen atoms in total. The normalized spacial score (nSPS) is 12.3. The van der Waals surface area contributed by atoms with Gasteiger partial charge in [-0.1, -0.05) is 0 Å². The second-order valence-corrected chi connectivity index (χ2v) is 4.90. The molecule has 0 saturated heterocycles. The fourth-order valence-corrected chi connectivity index (χ4v) is 1.55. The van der Waals surface area contributed by atoms with Crippen molar-refractivity contribution in [1.82, 2.24) is 0 Å². The minimum Gasteiger partial charge on any atom is -0.456 e. The van der Waals surface area contributed by atoms with Gasteiger partial charge in [0.1, 0.15) is 22.3 Å². The third kappa shape index (κ3) is 1.95. The van der Waals surface area contributed by atoms with Gasteiger partial charge in [0, 0.05) is 6.07 Å². The molecule has 0 radical (unpaired) electrons. The van der Waals surface area contributed by atoms with Gasteiger partial charge in [-0.3, -0.25) is 0 Å². The summed E-state index contributed by atoms with van der Waals surface area (Å²) in [6.45, 7) is 5.49. The second kappa shape index (κ2) is 3.17. The van der Waals surface area contributed by atoms with Gasteiger partial charge < -0.3 is 9.15 Å². The third-order valence-corrected chi connectivity index (χ3v) is 2.25. The number of benzene rings is 1. The molecule has 2 aromatic rings. The Labute approximate surface area is 93.1 Å². The van der Waals surface area contributed by atoms with Crippen molar-refractivity contribution in [3.05, 3.63) is 17.7 Å². The first-order chi connectivity index (χ1) is 6.87. The van der Waals surface area contributed by atoms with Crippen LogP contribution in [0.1, 0.15) is 31.1 Å². The molecule has 80 valence electrons. The monoisotopic (exact) mass is 224 g/mol. The molecule has 0 aliphatic heterocycles. The summed E-state index contributed by atoms with van der Waals surface area (Å²) in [5, 5.41) is 0. The van der Waals surface area contributed by atoms with Crippen LogP contribution in [0.15, 0.2) is 21.4 Å². The molecule has 0 fully saturated rings. The maximum absolute atomic E-state index is 11.7. The Morgan fingerprint density at radius 3 is 2.40 bits per heavy atom. The fourth-order valence-electron chi connectivity index (χ4n) is 1.33. The van der Waals surface area contributed by atoms with E-state index in [1.807, 2.05) is 20.8 Å². The molecule has 2 rings (SSSR count). The van der Waals surface area contributed by atoms with Gasteiger partial charge in [-0.05, 0) is 26.8 Å². The van der Waals surface area contributed by atoms with Crippen LogP contribution < -0.4 is 0 Å². The minimum absolute atomic E-state index is 0.357. The summed E-state index contributed by atoms with van der Waals surface area (Å²) in [5.74, 6) is -0.357. The molecule has 4 heteroatoms. The van der Waals surface area contributed by atoms with Crippen LogP contribution in [0, 0.1) is 0 Å². The predicted octanol–water partition coefficient (Wildman–Crippen LogP) is 3.11. The molecule has 0 spiro atoms. The van der Waals surface area contributed by atoms with Crippen molar-refractivity contribution in [1.29, 1.82) is 0 Å². The average Bonchev–Trinajstić information content (AvgIpc) is 2.58. The SMILES string of the molecule is CC(C)(C)OC(=O)c1cc2oc1cc2S. The molecule has 0 atom stereocenters. The Morgan fingerprint density at radius 2 is 2.00 bits per heavy atom. The molecular formula is C11H12O3S. The molecule has 2 aromatic heterocycles. The van der Waals surface area contributed by atoms with Crippen LogP contribution >= 0.6 is 12.6 Å². The highest BCUT2D eigenvalue weighted by Crippen LogP contribution is 2.30. The van der Waals surface area contributed by atoms with Gasteiger partial charge in [-0.25, -0.2) is 4.79 Å². The van der Waals surface area contributed by atoms with Crippen molar-refractivity contribution in [3.63, 3.8) is 0 Å². The van der Waals surface area contributed by atoms with Gasteiger partial charge in [-0.2, -0.15) is 0 Å². The van der Waals surface area contributed by atoms with Crippen molar-refractivity contribution < 1.29 is 13.9 Å². The molecule has 0 saturated carbocycles. The molecular weight excluding hydrogens is 212 g/mol. The standard InChI is InChI=1S/C11H12O3S/c1-11(2,3)14-10(12)6-4-8-9(15)5-7(6)13-8/h4-5,15H,1-3H3. The highest BCUT2D eigenvalue weighted by molar-refractivity contribution is 7.80. The lowest BCUT2D eigenvalue weighted by Crippen LogP contribution is -2.23. The van der Waals surface area contributed by atoms with Crippen LogP contribution in [0.2, 0.25) is 0 Å². The van der Waals surface area contributed by atoms with E-state index in [2.05, 4.69) is 12.6 Å². The van der Waals surface area contributed by atoms with Crippen LogP contribution in [0.3, 0.4) is 0 Å². The smallest absolute Gasteiger partial charge is 0.342 e. The molecule has 2 bridgehead atoms. The Kier molecular flexibility index (Phi) is 2.19. The number of thiol groups is 1. The number of ether oxygens (including phenoxy) is 1. The zero-order chi connectivity index (χ0) is 11.2. The summed E-state index contributed by atoms with van der Waals surface area (Å²) in [5.41, 5.74) is 1.13. The van der Waals surface area contributed by atoms with Crippen molar-refractivity contribution in [2.75, 3.05) is 0 Å². The number of carbonyl (C=O) groups is 1. The first kappa shape index (κ1) is 10.4. The number of carbonyl (C=O) groups excluding carboxylic acids is 1. The molecule has 0 N–H and O–H groups in total. The molecule has 0 unspecified atom stereocenters. The number of hydrogen-bond donors (Lipinski definition) is 1. The van der Waals surface area contributed by atoms with Gasteiger partial charge in [0.2, 0.25) is 0 Å². The summed E-state index contributed by atoms with van der Waals surface area (Å²) in [6.07, 6.45) is 0. The van der Waals surface area contributed by atoms with E-state index in [4.69, 9.17) is 9.15 Å². The molecule has 15 heavy (non-hydrogen) atoms. The van der Waals surface area contributed by atoms with Gasteiger partial charge in [0.25, 0.3) is 0 Å². The maximum atomic E-state index is 11.7. The Hall–Kier alpha value is -1.16.